The molecule has 0 bridgehead atoms. The Balaban J connectivity index is 2.19. The maximum atomic E-state index is 9.54. The molecule has 0 radical (unpaired) electrons. The van der Waals surface area contributed by atoms with E-state index in [2.05, 4.69) is 12.6 Å². The van der Waals surface area contributed by atoms with Crippen molar-refractivity contribution in [3.8, 4) is 0 Å². The van der Waals surface area contributed by atoms with Gasteiger partial charge in [0, 0.05) is 0 Å². The van der Waals surface area contributed by atoms with Crippen molar-refractivity contribution in [1.29, 1.82) is 0 Å². The Labute approximate surface area is 75.5 Å². The van der Waals surface area contributed by atoms with Gasteiger partial charge < -0.3 is 5.11 Å². The lowest BCUT2D eigenvalue weighted by molar-refractivity contribution is 0.167. The van der Waals surface area contributed by atoms with Crippen LogP contribution in [-0.4, -0.2) is 19.3 Å². The minimum Gasteiger partial charge on any atom is -0.393 e. The molecule has 1 saturated heterocycles. The third-order valence-corrected chi connectivity index (χ3v) is 8.39. The van der Waals surface area contributed by atoms with Gasteiger partial charge in [0.15, 0.2) is 0 Å². The molecule has 0 spiro atoms. The molecular formula is C10H18OSi. The van der Waals surface area contributed by atoms with Crippen LogP contribution in [0.15, 0.2) is 11.3 Å². The van der Waals surface area contributed by atoms with Crippen molar-refractivity contribution < 1.29 is 5.11 Å². The van der Waals surface area contributed by atoms with Crippen molar-refractivity contribution in [3.05, 3.63) is 11.3 Å². The number of hydrogen-bond donors (Lipinski definition) is 1. The molecule has 12 heavy (non-hydrogen) atoms. The van der Waals surface area contributed by atoms with Crippen LogP contribution >= 0.6 is 0 Å². The molecule has 0 aromatic rings. The first kappa shape index (κ1) is 8.51. The Hall–Kier alpha value is -0.0831. The van der Waals surface area contributed by atoms with E-state index in [9.17, 15) is 5.11 Å². The lowest BCUT2D eigenvalue weighted by Crippen LogP contribution is -2.41. The van der Waals surface area contributed by atoms with Crippen LogP contribution in [0, 0.1) is 0 Å². The van der Waals surface area contributed by atoms with E-state index in [4.69, 9.17) is 0 Å². The lowest BCUT2D eigenvalue weighted by atomic mass is 10.1. The van der Waals surface area contributed by atoms with Crippen molar-refractivity contribution >= 4 is 8.07 Å². The number of allylic oxidation sites excluding steroid dienone is 1. The molecule has 2 aliphatic heterocycles. The smallest absolute Gasteiger partial charge is 0.0783 e. The van der Waals surface area contributed by atoms with E-state index < -0.39 is 8.07 Å². The summed E-state index contributed by atoms with van der Waals surface area (Å²) in [7, 11) is -0.994. The number of hydrogen-bond acceptors (Lipinski definition) is 1. The van der Waals surface area contributed by atoms with E-state index in [1.54, 1.807) is 5.20 Å². The summed E-state index contributed by atoms with van der Waals surface area (Å²) in [6.45, 7) is 2.50. The highest BCUT2D eigenvalue weighted by atomic mass is 28.3. The number of fused-ring (bicyclic) bond motifs is 1. The first-order valence-corrected chi connectivity index (χ1v) is 8.00. The Morgan fingerprint density at radius 3 is 3.17 bits per heavy atom. The van der Waals surface area contributed by atoms with E-state index in [0.29, 0.717) is 0 Å². The average Bonchev–Trinajstić information content (AvgIpc) is 2.06. The zero-order chi connectivity index (χ0) is 8.60. The van der Waals surface area contributed by atoms with E-state index in [1.807, 2.05) is 0 Å². The fraction of sp³-hybridized carbons (Fsp3) is 0.800. The van der Waals surface area contributed by atoms with Crippen LogP contribution in [0.3, 0.4) is 0 Å². The predicted molar refractivity (Wildman–Crippen MR) is 53.8 cm³/mol. The highest BCUT2D eigenvalue weighted by molar-refractivity contribution is 6.85. The molecule has 2 aliphatic rings. The maximum Gasteiger partial charge on any atom is 0.0783 e. The van der Waals surface area contributed by atoms with Crippen LogP contribution in [0.25, 0.3) is 0 Å². The molecule has 0 aliphatic carbocycles. The van der Waals surface area contributed by atoms with Crippen molar-refractivity contribution in [2.24, 2.45) is 0 Å². The highest BCUT2D eigenvalue weighted by Gasteiger charge is 2.37. The van der Waals surface area contributed by atoms with E-state index in [0.717, 1.165) is 12.8 Å². The van der Waals surface area contributed by atoms with Gasteiger partial charge >= 0.3 is 0 Å². The second-order valence-corrected chi connectivity index (χ2v) is 9.34. The number of aliphatic hydroxyl groups is 1. The maximum absolute atomic E-state index is 9.54. The second-order valence-electron chi connectivity index (χ2n) is 4.58. The zero-order valence-electron chi connectivity index (χ0n) is 7.84. The van der Waals surface area contributed by atoms with Gasteiger partial charge in [-0.25, -0.2) is 0 Å². The summed E-state index contributed by atoms with van der Waals surface area (Å²) in [4.78, 5) is 0. The molecular weight excluding hydrogens is 164 g/mol. The fourth-order valence-electron chi connectivity index (χ4n) is 2.63. The van der Waals surface area contributed by atoms with Crippen LogP contribution in [0.1, 0.15) is 25.7 Å². The summed E-state index contributed by atoms with van der Waals surface area (Å²) in [6, 6.07) is 2.81. The Kier molecular flexibility index (Phi) is 2.13. The van der Waals surface area contributed by atoms with Gasteiger partial charge in [0.05, 0.1) is 14.2 Å². The minimum absolute atomic E-state index is 0.0186. The Bertz CT molecular complexity index is 212. The van der Waals surface area contributed by atoms with Crippen molar-refractivity contribution in [2.45, 2.75) is 50.4 Å². The third kappa shape index (κ3) is 1.38. The van der Waals surface area contributed by atoms with Crippen molar-refractivity contribution in [1.82, 2.24) is 0 Å². The van der Waals surface area contributed by atoms with Crippen LogP contribution in [-0.2, 0) is 0 Å². The summed E-state index contributed by atoms with van der Waals surface area (Å²) in [5.41, 5.74) is 0. The SMILES string of the molecule is C[Si@@]12CCCC=C1C[C@H](O)CC2. The predicted octanol–water partition coefficient (Wildman–Crippen LogP) is 2.48. The quantitative estimate of drug-likeness (QED) is 0.571. The third-order valence-electron chi connectivity index (χ3n) is 3.58. The Morgan fingerprint density at radius 2 is 2.33 bits per heavy atom. The number of rotatable bonds is 0. The molecule has 2 atom stereocenters. The highest BCUT2D eigenvalue weighted by Crippen LogP contribution is 2.39. The Morgan fingerprint density at radius 1 is 1.50 bits per heavy atom. The average molecular weight is 182 g/mol. The molecule has 0 saturated carbocycles. The fourth-order valence-corrected chi connectivity index (χ4v) is 6.84. The molecule has 0 unspecified atom stereocenters. The first-order valence-electron chi connectivity index (χ1n) is 5.08. The molecule has 2 heterocycles. The largest absolute Gasteiger partial charge is 0.393 e. The second kappa shape index (κ2) is 3.00. The van der Waals surface area contributed by atoms with E-state index in [1.165, 1.54) is 24.9 Å². The summed E-state index contributed by atoms with van der Waals surface area (Å²) < 4.78 is 0. The molecule has 2 rings (SSSR count). The van der Waals surface area contributed by atoms with E-state index in [-0.39, 0.29) is 6.10 Å². The van der Waals surface area contributed by atoms with Crippen LogP contribution in [0.2, 0.25) is 18.6 Å². The molecule has 0 aromatic heterocycles. The summed E-state index contributed by atoms with van der Waals surface area (Å²) >= 11 is 0. The first-order chi connectivity index (χ1) is 5.71. The van der Waals surface area contributed by atoms with E-state index >= 15 is 0 Å². The van der Waals surface area contributed by atoms with Crippen molar-refractivity contribution in [3.63, 3.8) is 0 Å². The summed E-state index contributed by atoms with van der Waals surface area (Å²) in [5, 5.41) is 11.2. The van der Waals surface area contributed by atoms with Gasteiger partial charge in [-0.05, 0) is 19.3 Å². The molecule has 2 heteroatoms. The van der Waals surface area contributed by atoms with Gasteiger partial charge in [0.25, 0.3) is 0 Å². The molecule has 0 amide bonds. The van der Waals surface area contributed by atoms with Gasteiger partial charge in [-0.15, -0.1) is 0 Å². The normalized spacial score (nSPS) is 41.8. The monoisotopic (exact) mass is 182 g/mol. The van der Waals surface area contributed by atoms with Gasteiger partial charge in [0.1, 0.15) is 0 Å². The van der Waals surface area contributed by atoms with Crippen LogP contribution in [0.4, 0.5) is 0 Å². The molecule has 0 aromatic carbocycles. The summed E-state index contributed by atoms with van der Waals surface area (Å²) in [5.74, 6) is 0. The van der Waals surface area contributed by atoms with Crippen LogP contribution in [0.5, 0.6) is 0 Å². The van der Waals surface area contributed by atoms with Crippen molar-refractivity contribution in [2.75, 3.05) is 0 Å². The van der Waals surface area contributed by atoms with Gasteiger partial charge in [0.2, 0.25) is 0 Å². The summed E-state index contributed by atoms with van der Waals surface area (Å²) in [6.07, 6.45) is 7.16. The molecule has 1 fully saturated rings. The van der Waals surface area contributed by atoms with Gasteiger partial charge in [-0.2, -0.15) is 0 Å². The van der Waals surface area contributed by atoms with Gasteiger partial charge in [-0.3, -0.25) is 0 Å². The molecule has 68 valence electrons. The van der Waals surface area contributed by atoms with Gasteiger partial charge in [-0.1, -0.05) is 36.3 Å². The number of aliphatic hydroxyl groups excluding tert-OH is 1. The lowest BCUT2D eigenvalue weighted by Gasteiger charge is -2.39. The standard InChI is InChI=1S/C10H18OSi/c1-12-6-3-2-4-10(12)8-9(11)5-7-12/h4,9,11H,2-3,5-8H2,1H3/t9-,12+/m1/s1. The van der Waals surface area contributed by atoms with Crippen LogP contribution < -0.4 is 0 Å². The zero-order valence-corrected chi connectivity index (χ0v) is 8.84. The topological polar surface area (TPSA) is 20.2 Å². The minimum atomic E-state index is -0.994. The molecule has 1 nitrogen and oxygen atoms in total. The molecule has 1 N–H and O–H groups in total.